The van der Waals surface area contributed by atoms with Gasteiger partial charge in [-0.05, 0) is 57.4 Å². The number of hydrogen-bond donors (Lipinski definition) is 1. The molecule has 0 aliphatic rings. The van der Waals surface area contributed by atoms with Crippen LogP contribution in [0.3, 0.4) is 0 Å². The maximum absolute atomic E-state index is 13.0. The number of nitrogens with one attached hydrogen (secondary N) is 1. The van der Waals surface area contributed by atoms with Gasteiger partial charge >= 0.3 is 6.09 Å². The van der Waals surface area contributed by atoms with Crippen molar-refractivity contribution in [2.24, 2.45) is 0 Å². The van der Waals surface area contributed by atoms with Crippen molar-refractivity contribution < 1.29 is 14.3 Å². The van der Waals surface area contributed by atoms with Crippen LogP contribution in [0.5, 0.6) is 0 Å². The van der Waals surface area contributed by atoms with Gasteiger partial charge in [0.25, 0.3) is 0 Å². The summed E-state index contributed by atoms with van der Waals surface area (Å²) in [7, 11) is 0. The molecule has 8 heteroatoms. The zero-order chi connectivity index (χ0) is 24.7. The van der Waals surface area contributed by atoms with Crippen molar-refractivity contribution in [1.29, 1.82) is 0 Å². The van der Waals surface area contributed by atoms with Crippen molar-refractivity contribution in [3.05, 3.63) is 72.1 Å². The van der Waals surface area contributed by atoms with Gasteiger partial charge in [-0.1, -0.05) is 31.2 Å². The third-order valence-electron chi connectivity index (χ3n) is 5.01. The lowest BCUT2D eigenvalue weighted by Crippen LogP contribution is -2.41. The molecule has 3 rings (SSSR count). The van der Waals surface area contributed by atoms with E-state index >= 15 is 0 Å². The quantitative estimate of drug-likeness (QED) is 0.544. The molecule has 2 heterocycles. The van der Waals surface area contributed by atoms with Crippen LogP contribution in [-0.4, -0.2) is 44.0 Å². The fraction of sp³-hybridized carbons (Fsp3) is 0.346. The highest BCUT2D eigenvalue weighted by molar-refractivity contribution is 5.95. The Balaban J connectivity index is 1.78. The average Bonchev–Trinajstić information content (AvgIpc) is 2.79. The lowest BCUT2D eigenvalue weighted by atomic mass is 10.0. The molecule has 8 nitrogen and oxygen atoms in total. The van der Waals surface area contributed by atoms with Crippen molar-refractivity contribution >= 4 is 17.7 Å². The van der Waals surface area contributed by atoms with Crippen LogP contribution in [0.4, 0.5) is 10.5 Å². The third-order valence-corrected chi connectivity index (χ3v) is 5.01. The zero-order valence-electron chi connectivity index (χ0n) is 20.3. The van der Waals surface area contributed by atoms with Crippen LogP contribution in [0.2, 0.25) is 0 Å². The number of aromatic nitrogens is 3. The topological polar surface area (TPSA) is 97.3 Å². The number of carbonyl (C=O) groups excluding carboxylic acids is 2. The van der Waals surface area contributed by atoms with Crippen LogP contribution in [0, 0.1) is 6.92 Å². The molecule has 34 heavy (non-hydrogen) atoms. The molecule has 0 saturated heterocycles. The Bertz CT molecular complexity index is 1140. The van der Waals surface area contributed by atoms with Gasteiger partial charge in [0.2, 0.25) is 5.91 Å². The Hall–Kier alpha value is -3.81. The Morgan fingerprint density at radius 2 is 1.88 bits per heavy atom. The van der Waals surface area contributed by atoms with E-state index in [0.717, 1.165) is 17.5 Å². The van der Waals surface area contributed by atoms with Crippen molar-refractivity contribution in [3.8, 4) is 11.1 Å². The summed E-state index contributed by atoms with van der Waals surface area (Å²) in [5, 5.41) is 2.90. The molecule has 0 spiro atoms. The van der Waals surface area contributed by atoms with Crippen LogP contribution in [0.25, 0.3) is 11.1 Å². The first-order valence-electron chi connectivity index (χ1n) is 11.2. The highest BCUT2D eigenvalue weighted by Gasteiger charge is 2.25. The van der Waals surface area contributed by atoms with E-state index in [-0.39, 0.29) is 19.0 Å². The van der Waals surface area contributed by atoms with Crippen molar-refractivity contribution in [2.45, 2.75) is 53.2 Å². The Morgan fingerprint density at radius 1 is 1.09 bits per heavy atom. The molecule has 0 saturated carbocycles. The maximum atomic E-state index is 13.0. The molecule has 0 bridgehead atoms. The van der Waals surface area contributed by atoms with Crippen molar-refractivity contribution in [2.75, 3.05) is 11.9 Å². The second-order valence-corrected chi connectivity index (χ2v) is 9.00. The summed E-state index contributed by atoms with van der Waals surface area (Å²) in [6.07, 6.45) is 5.12. The van der Waals surface area contributed by atoms with E-state index in [4.69, 9.17) is 4.74 Å². The molecule has 2 aromatic heterocycles. The Morgan fingerprint density at radius 3 is 2.56 bits per heavy atom. The minimum Gasteiger partial charge on any atom is -0.444 e. The van der Waals surface area contributed by atoms with Crippen molar-refractivity contribution in [1.82, 2.24) is 19.9 Å². The molecule has 0 aliphatic heterocycles. The summed E-state index contributed by atoms with van der Waals surface area (Å²) in [4.78, 5) is 39.6. The van der Waals surface area contributed by atoms with Gasteiger partial charge in [0, 0.05) is 18.0 Å². The van der Waals surface area contributed by atoms with Crippen molar-refractivity contribution in [3.63, 3.8) is 0 Å². The number of amides is 2. The first kappa shape index (κ1) is 24.8. The summed E-state index contributed by atoms with van der Waals surface area (Å²) >= 11 is 0. The van der Waals surface area contributed by atoms with Gasteiger partial charge in [0.05, 0.1) is 23.6 Å². The first-order valence-corrected chi connectivity index (χ1v) is 11.2. The molecule has 0 unspecified atom stereocenters. The second kappa shape index (κ2) is 10.9. The van der Waals surface area contributed by atoms with Crippen LogP contribution >= 0.6 is 0 Å². The maximum Gasteiger partial charge on any atom is 0.411 e. The summed E-state index contributed by atoms with van der Waals surface area (Å²) in [6, 6.07) is 11.8. The van der Waals surface area contributed by atoms with Gasteiger partial charge in [0.1, 0.15) is 18.5 Å². The fourth-order valence-electron chi connectivity index (χ4n) is 3.27. The lowest BCUT2D eigenvalue weighted by molar-refractivity contribution is -0.117. The van der Waals surface area contributed by atoms with Gasteiger partial charge in [-0.2, -0.15) is 0 Å². The van der Waals surface area contributed by atoms with Gasteiger partial charge in [-0.3, -0.25) is 14.7 Å². The predicted octanol–water partition coefficient (Wildman–Crippen LogP) is 4.79. The number of hydrogen-bond acceptors (Lipinski definition) is 6. The minimum atomic E-state index is -0.695. The Labute approximate surface area is 200 Å². The second-order valence-electron chi connectivity index (χ2n) is 9.00. The number of carbonyl (C=O) groups is 2. The molecule has 1 aromatic carbocycles. The molecule has 0 radical (unpaired) electrons. The van der Waals surface area contributed by atoms with Crippen LogP contribution in [-0.2, 0) is 22.5 Å². The third kappa shape index (κ3) is 7.10. The summed E-state index contributed by atoms with van der Waals surface area (Å²) in [5.41, 5.74) is 4.34. The largest absolute Gasteiger partial charge is 0.444 e. The van der Waals surface area contributed by atoms with E-state index in [1.165, 1.54) is 16.8 Å². The number of anilines is 1. The molecule has 3 aromatic rings. The molecular weight excluding hydrogens is 430 g/mol. The highest BCUT2D eigenvalue weighted by Crippen LogP contribution is 2.25. The summed E-state index contributed by atoms with van der Waals surface area (Å²) in [5.74, 6) is -0.357. The number of nitrogens with zero attached hydrogens (tertiary/aromatic N) is 4. The molecule has 2 amide bonds. The van der Waals surface area contributed by atoms with E-state index in [0.29, 0.717) is 17.1 Å². The minimum absolute atomic E-state index is 0.117. The number of benzene rings is 1. The number of rotatable bonds is 7. The van der Waals surface area contributed by atoms with Crippen LogP contribution in [0.1, 0.15) is 44.6 Å². The number of aryl methyl sites for hydroxylation is 2. The monoisotopic (exact) mass is 461 g/mol. The number of ether oxygens (including phenoxy) is 1. The molecule has 178 valence electrons. The lowest BCUT2D eigenvalue weighted by Gasteiger charge is -2.27. The van der Waals surface area contributed by atoms with Gasteiger partial charge in [0.15, 0.2) is 0 Å². The Kier molecular flexibility index (Phi) is 7.94. The summed E-state index contributed by atoms with van der Waals surface area (Å²) < 4.78 is 5.50. The van der Waals surface area contributed by atoms with Gasteiger partial charge < -0.3 is 10.1 Å². The smallest absolute Gasteiger partial charge is 0.411 e. The first-order chi connectivity index (χ1) is 16.1. The van der Waals surface area contributed by atoms with E-state index in [1.54, 1.807) is 39.2 Å². The highest BCUT2D eigenvalue weighted by atomic mass is 16.6. The molecular formula is C26H31N5O3. The molecule has 0 fully saturated rings. The van der Waals surface area contributed by atoms with E-state index in [9.17, 15) is 9.59 Å². The van der Waals surface area contributed by atoms with E-state index < -0.39 is 11.7 Å². The SMILES string of the molecule is CCc1cccc(-c2cnc(C)c(NC(=O)CN(Cc3ccncn3)C(=O)OC(C)(C)C)c2)c1. The van der Waals surface area contributed by atoms with E-state index in [2.05, 4.69) is 39.3 Å². The average molecular weight is 462 g/mol. The fourth-order valence-corrected chi connectivity index (χ4v) is 3.27. The van der Waals surface area contributed by atoms with Crippen LogP contribution < -0.4 is 5.32 Å². The normalized spacial score (nSPS) is 11.1. The van der Waals surface area contributed by atoms with Gasteiger partial charge in [-0.25, -0.2) is 14.8 Å². The van der Waals surface area contributed by atoms with E-state index in [1.807, 2.05) is 25.1 Å². The zero-order valence-corrected chi connectivity index (χ0v) is 20.3. The molecule has 1 N–H and O–H groups in total. The van der Waals surface area contributed by atoms with Crippen LogP contribution in [0.15, 0.2) is 55.1 Å². The summed E-state index contributed by atoms with van der Waals surface area (Å²) in [6.45, 7) is 9.19. The molecule has 0 atom stereocenters. The number of pyridine rings is 1. The molecule has 0 aliphatic carbocycles. The standard InChI is InChI=1S/C26H31N5O3/c1-6-19-8-7-9-20(12-19)21-13-23(18(2)28-14-21)30-24(32)16-31(25(33)34-26(3,4)5)15-22-10-11-27-17-29-22/h7-14,17H,6,15-16H2,1-5H3,(H,30,32). The predicted molar refractivity (Wildman–Crippen MR) is 131 cm³/mol. The van der Waals surface area contributed by atoms with Gasteiger partial charge in [-0.15, -0.1) is 0 Å².